The quantitative estimate of drug-likeness (QED) is 0.874. The van der Waals surface area contributed by atoms with Crippen LogP contribution in [0.15, 0.2) is 0 Å². The van der Waals surface area contributed by atoms with Gasteiger partial charge < -0.3 is 9.64 Å². The molecule has 6 heteroatoms. The van der Waals surface area contributed by atoms with Crippen LogP contribution in [0.1, 0.15) is 55.5 Å². The van der Waals surface area contributed by atoms with Gasteiger partial charge in [0.05, 0.1) is 18.8 Å². The van der Waals surface area contributed by atoms with Gasteiger partial charge in [-0.2, -0.15) is 0 Å². The van der Waals surface area contributed by atoms with Gasteiger partial charge in [-0.05, 0) is 19.3 Å². The van der Waals surface area contributed by atoms with Gasteiger partial charge >= 0.3 is 0 Å². The first kappa shape index (κ1) is 12.6. The number of amides is 1. The second-order valence-corrected chi connectivity index (χ2v) is 5.60. The number of aromatic nitrogens is 3. The average Bonchev–Trinajstić information content (AvgIpc) is 3.06. The summed E-state index contributed by atoms with van der Waals surface area (Å²) in [6.07, 6.45) is 3.42. The summed E-state index contributed by atoms with van der Waals surface area (Å²) in [6, 6.07) is 0.210. The van der Waals surface area contributed by atoms with Crippen molar-refractivity contribution < 1.29 is 9.53 Å². The van der Waals surface area contributed by atoms with Crippen LogP contribution in [-0.2, 0) is 4.74 Å². The zero-order chi connectivity index (χ0) is 13.4. The third kappa shape index (κ3) is 2.25. The second-order valence-electron chi connectivity index (χ2n) is 5.60. The Morgan fingerprint density at radius 2 is 2.32 bits per heavy atom. The topological polar surface area (TPSA) is 71.1 Å². The largest absolute Gasteiger partial charge is 0.374 e. The fraction of sp³-hybridized carbons (Fsp3) is 0.769. The first-order valence-corrected chi connectivity index (χ1v) is 7.01. The molecule has 0 bridgehead atoms. The fourth-order valence-electron chi connectivity index (χ4n) is 2.93. The number of carbonyl (C=O) groups is 1. The van der Waals surface area contributed by atoms with Gasteiger partial charge in [-0.15, -0.1) is 5.10 Å². The highest BCUT2D eigenvalue weighted by molar-refractivity contribution is 5.90. The first-order valence-electron chi connectivity index (χ1n) is 7.01. The molecule has 0 aromatic carbocycles. The molecule has 104 valence electrons. The number of H-pyrrole nitrogens is 1. The summed E-state index contributed by atoms with van der Waals surface area (Å²) in [5.41, 5.74) is 0. The van der Waals surface area contributed by atoms with E-state index in [0.717, 1.165) is 25.1 Å². The Hall–Kier alpha value is -1.43. The Morgan fingerprint density at radius 1 is 1.47 bits per heavy atom. The van der Waals surface area contributed by atoms with Crippen molar-refractivity contribution in [1.82, 2.24) is 20.1 Å². The van der Waals surface area contributed by atoms with Gasteiger partial charge in [0.25, 0.3) is 5.91 Å². The van der Waals surface area contributed by atoms with E-state index < -0.39 is 0 Å². The molecule has 1 amide bonds. The van der Waals surface area contributed by atoms with Gasteiger partial charge in [0, 0.05) is 12.5 Å². The summed E-state index contributed by atoms with van der Waals surface area (Å²) in [5.74, 6) is 1.23. The van der Waals surface area contributed by atoms with Crippen molar-refractivity contribution in [2.45, 2.75) is 51.2 Å². The highest BCUT2D eigenvalue weighted by Crippen LogP contribution is 2.30. The molecule has 3 rings (SSSR count). The van der Waals surface area contributed by atoms with Crippen LogP contribution in [0, 0.1) is 0 Å². The lowest BCUT2D eigenvalue weighted by atomic mass is 10.1. The number of carbonyl (C=O) groups excluding carboxylic acids is 1. The maximum Gasteiger partial charge on any atom is 0.293 e. The lowest BCUT2D eigenvalue weighted by Crippen LogP contribution is -2.51. The lowest BCUT2D eigenvalue weighted by molar-refractivity contribution is -0.0449. The van der Waals surface area contributed by atoms with Crippen LogP contribution in [0.5, 0.6) is 0 Å². The van der Waals surface area contributed by atoms with Crippen LogP contribution in [0.25, 0.3) is 0 Å². The maximum atomic E-state index is 12.5. The summed E-state index contributed by atoms with van der Waals surface area (Å²) in [5, 5.41) is 6.90. The Balaban J connectivity index is 1.78. The van der Waals surface area contributed by atoms with E-state index >= 15 is 0 Å². The van der Waals surface area contributed by atoms with Crippen molar-refractivity contribution in [1.29, 1.82) is 0 Å². The van der Waals surface area contributed by atoms with E-state index in [1.165, 1.54) is 0 Å². The molecule has 2 unspecified atom stereocenters. The van der Waals surface area contributed by atoms with Gasteiger partial charge in [0.15, 0.2) is 0 Å². The molecule has 1 aromatic rings. The zero-order valence-electron chi connectivity index (χ0n) is 11.4. The van der Waals surface area contributed by atoms with Crippen LogP contribution in [0.3, 0.4) is 0 Å². The Kier molecular flexibility index (Phi) is 3.26. The number of nitrogens with zero attached hydrogens (tertiary/aromatic N) is 3. The zero-order valence-corrected chi connectivity index (χ0v) is 11.4. The predicted molar refractivity (Wildman–Crippen MR) is 68.9 cm³/mol. The van der Waals surface area contributed by atoms with E-state index in [2.05, 4.69) is 15.2 Å². The number of ether oxygens (including phenoxy) is 1. The number of rotatable bonds is 2. The Labute approximate surface area is 112 Å². The van der Waals surface area contributed by atoms with Crippen molar-refractivity contribution in [3.05, 3.63) is 11.6 Å². The second kappa shape index (κ2) is 4.92. The van der Waals surface area contributed by atoms with Gasteiger partial charge in [0.2, 0.25) is 5.82 Å². The molecule has 1 aliphatic heterocycles. The minimum Gasteiger partial charge on any atom is -0.374 e. The van der Waals surface area contributed by atoms with Crippen molar-refractivity contribution in [2.24, 2.45) is 0 Å². The van der Waals surface area contributed by atoms with E-state index in [9.17, 15) is 4.79 Å². The number of hydrogen-bond acceptors (Lipinski definition) is 4. The third-order valence-corrected chi connectivity index (χ3v) is 3.98. The van der Waals surface area contributed by atoms with Gasteiger partial charge in [-0.1, -0.05) is 13.8 Å². The normalized spacial score (nSPS) is 26.8. The van der Waals surface area contributed by atoms with Crippen molar-refractivity contribution in [3.63, 3.8) is 0 Å². The summed E-state index contributed by atoms with van der Waals surface area (Å²) in [7, 11) is 0. The number of hydrogen-bond donors (Lipinski definition) is 1. The van der Waals surface area contributed by atoms with Crippen molar-refractivity contribution in [3.8, 4) is 0 Å². The van der Waals surface area contributed by atoms with Gasteiger partial charge in [-0.3, -0.25) is 9.89 Å². The summed E-state index contributed by atoms with van der Waals surface area (Å²) >= 11 is 0. The van der Waals surface area contributed by atoms with Crippen LogP contribution < -0.4 is 0 Å². The molecule has 2 fully saturated rings. The van der Waals surface area contributed by atoms with E-state index in [4.69, 9.17) is 4.74 Å². The molecule has 1 saturated heterocycles. The first-order chi connectivity index (χ1) is 9.16. The molecule has 1 aromatic heterocycles. The highest BCUT2D eigenvalue weighted by atomic mass is 16.5. The van der Waals surface area contributed by atoms with Crippen LogP contribution >= 0.6 is 0 Å². The average molecular weight is 264 g/mol. The molecule has 6 nitrogen and oxygen atoms in total. The molecule has 2 heterocycles. The van der Waals surface area contributed by atoms with Crippen molar-refractivity contribution in [2.75, 3.05) is 13.2 Å². The molecule has 2 atom stereocenters. The molecule has 1 saturated carbocycles. The highest BCUT2D eigenvalue weighted by Gasteiger charge is 2.39. The van der Waals surface area contributed by atoms with Crippen LogP contribution in [-0.4, -0.2) is 51.3 Å². The fourth-order valence-corrected chi connectivity index (χ4v) is 2.93. The molecule has 2 aliphatic rings. The van der Waals surface area contributed by atoms with Crippen LogP contribution in [0.2, 0.25) is 0 Å². The third-order valence-electron chi connectivity index (χ3n) is 3.98. The van der Waals surface area contributed by atoms with Gasteiger partial charge in [-0.25, -0.2) is 4.98 Å². The molecule has 1 aliphatic carbocycles. The number of fused-ring (bicyclic) bond motifs is 1. The summed E-state index contributed by atoms with van der Waals surface area (Å²) < 4.78 is 5.72. The standard InChI is InChI=1S/C13H20N4O2/c1-8(2)11-14-12(16-15-11)13(18)17-6-7-19-10-5-3-4-9(10)17/h8-10H,3-7H2,1-2H3,(H,14,15,16). The number of aromatic amines is 1. The minimum absolute atomic E-state index is 0.0663. The molecular formula is C13H20N4O2. The van der Waals surface area contributed by atoms with E-state index in [-0.39, 0.29) is 29.8 Å². The van der Waals surface area contributed by atoms with Crippen LogP contribution in [0.4, 0.5) is 0 Å². The molecule has 0 spiro atoms. The predicted octanol–water partition coefficient (Wildman–Crippen LogP) is 1.32. The Bertz CT molecular complexity index is 471. The molecule has 19 heavy (non-hydrogen) atoms. The Morgan fingerprint density at radius 3 is 3.05 bits per heavy atom. The minimum atomic E-state index is -0.0663. The maximum absolute atomic E-state index is 12.5. The van der Waals surface area contributed by atoms with Gasteiger partial charge in [0.1, 0.15) is 5.82 Å². The van der Waals surface area contributed by atoms with E-state index in [1.807, 2.05) is 18.7 Å². The van der Waals surface area contributed by atoms with Crippen molar-refractivity contribution >= 4 is 5.91 Å². The monoisotopic (exact) mass is 264 g/mol. The van der Waals surface area contributed by atoms with E-state index in [0.29, 0.717) is 13.2 Å². The summed E-state index contributed by atoms with van der Waals surface area (Å²) in [6.45, 7) is 5.31. The molecule has 0 radical (unpaired) electrons. The lowest BCUT2D eigenvalue weighted by Gasteiger charge is -2.36. The smallest absolute Gasteiger partial charge is 0.293 e. The molecule has 1 N–H and O–H groups in total. The number of morpholine rings is 1. The number of nitrogens with one attached hydrogen (secondary N) is 1. The summed E-state index contributed by atoms with van der Waals surface area (Å²) in [4.78, 5) is 18.7. The van der Waals surface area contributed by atoms with E-state index in [1.54, 1.807) is 0 Å². The molecular weight excluding hydrogens is 244 g/mol. The SMILES string of the molecule is CC(C)c1nc(C(=O)N2CCOC3CCCC32)n[nH]1.